The number of para-hydroxylation sites is 1. The van der Waals surface area contributed by atoms with Crippen LogP contribution in [-0.4, -0.2) is 35.2 Å². The maximum Gasteiger partial charge on any atom is 0.311 e. The minimum Gasteiger partial charge on any atom is -0.502 e. The summed E-state index contributed by atoms with van der Waals surface area (Å²) in [6.45, 7) is 0.993. The summed E-state index contributed by atoms with van der Waals surface area (Å²) in [5, 5.41) is 23.0. The van der Waals surface area contributed by atoms with Crippen LogP contribution in [0.1, 0.15) is 16.8 Å². The van der Waals surface area contributed by atoms with E-state index in [0.29, 0.717) is 19.6 Å². The molecule has 7 nitrogen and oxygen atoms in total. The molecular weight excluding hydrogens is 240 g/mol. The van der Waals surface area contributed by atoms with Crippen LogP contribution < -0.4 is 5.32 Å². The Hall–Kier alpha value is -2.15. The minimum absolute atomic E-state index is 0.101. The second-order valence-corrected chi connectivity index (χ2v) is 3.96. The highest BCUT2D eigenvalue weighted by atomic mass is 16.6. The summed E-state index contributed by atoms with van der Waals surface area (Å²) in [5.74, 6) is -1.15. The number of phenols is 1. The fraction of sp³-hybridized carbons (Fsp3) is 0.364. The van der Waals surface area contributed by atoms with Crippen molar-refractivity contribution >= 4 is 11.6 Å². The Labute approximate surface area is 103 Å². The van der Waals surface area contributed by atoms with Gasteiger partial charge in [-0.3, -0.25) is 14.9 Å². The van der Waals surface area contributed by atoms with Crippen LogP contribution in [0.15, 0.2) is 18.2 Å². The second kappa shape index (κ2) is 5.01. The number of phenolic OH excluding ortho intramolecular Hbond substituents is 1. The molecule has 0 spiro atoms. The van der Waals surface area contributed by atoms with Crippen molar-refractivity contribution in [3.8, 4) is 5.75 Å². The number of hydrogen-bond acceptors (Lipinski definition) is 5. The van der Waals surface area contributed by atoms with Crippen molar-refractivity contribution in [2.75, 3.05) is 13.2 Å². The van der Waals surface area contributed by atoms with Gasteiger partial charge in [-0.25, -0.2) is 0 Å². The smallest absolute Gasteiger partial charge is 0.311 e. The summed E-state index contributed by atoms with van der Waals surface area (Å²) in [7, 11) is 0. The fourth-order valence-corrected chi connectivity index (χ4v) is 1.77. The molecule has 2 rings (SSSR count). The first-order chi connectivity index (χ1) is 8.59. The molecule has 0 radical (unpaired) electrons. The summed E-state index contributed by atoms with van der Waals surface area (Å²) < 4.78 is 5.10. The quantitative estimate of drug-likeness (QED) is 0.612. The molecule has 1 aromatic carbocycles. The summed E-state index contributed by atoms with van der Waals surface area (Å²) in [6, 6.07) is 3.73. The lowest BCUT2D eigenvalue weighted by molar-refractivity contribution is -0.385. The average molecular weight is 252 g/mol. The molecule has 1 atom stereocenters. The molecule has 1 saturated heterocycles. The largest absolute Gasteiger partial charge is 0.502 e. The van der Waals surface area contributed by atoms with Gasteiger partial charge in [0.15, 0.2) is 0 Å². The van der Waals surface area contributed by atoms with E-state index in [-0.39, 0.29) is 11.6 Å². The van der Waals surface area contributed by atoms with Gasteiger partial charge in [0.05, 0.1) is 23.1 Å². The Kier molecular flexibility index (Phi) is 3.42. The van der Waals surface area contributed by atoms with Gasteiger partial charge in [-0.15, -0.1) is 0 Å². The molecule has 0 aliphatic carbocycles. The minimum atomic E-state index is -0.731. The number of aromatic hydroxyl groups is 1. The Morgan fingerprint density at radius 2 is 2.33 bits per heavy atom. The topological polar surface area (TPSA) is 102 Å². The molecule has 1 heterocycles. The summed E-state index contributed by atoms with van der Waals surface area (Å²) in [6.07, 6.45) is 0.696. The molecule has 96 valence electrons. The molecule has 1 aliphatic rings. The second-order valence-electron chi connectivity index (χ2n) is 3.96. The van der Waals surface area contributed by atoms with Crippen molar-refractivity contribution in [3.05, 3.63) is 33.9 Å². The van der Waals surface area contributed by atoms with E-state index in [1.807, 2.05) is 0 Å². The first-order valence-electron chi connectivity index (χ1n) is 5.44. The summed E-state index contributed by atoms with van der Waals surface area (Å²) in [4.78, 5) is 21.8. The predicted octanol–water partition coefficient (Wildman–Crippen LogP) is 0.819. The summed E-state index contributed by atoms with van der Waals surface area (Å²) >= 11 is 0. The molecule has 1 aromatic rings. The fourth-order valence-electron chi connectivity index (χ4n) is 1.77. The zero-order chi connectivity index (χ0) is 13.1. The van der Waals surface area contributed by atoms with Gasteiger partial charge in [0.25, 0.3) is 5.91 Å². The van der Waals surface area contributed by atoms with Crippen LogP contribution in [-0.2, 0) is 4.74 Å². The number of amides is 1. The van der Waals surface area contributed by atoms with E-state index in [0.717, 1.165) is 6.07 Å². The van der Waals surface area contributed by atoms with Crippen molar-refractivity contribution in [3.63, 3.8) is 0 Å². The van der Waals surface area contributed by atoms with E-state index in [2.05, 4.69) is 5.32 Å². The van der Waals surface area contributed by atoms with E-state index in [4.69, 9.17) is 4.74 Å². The number of carbonyl (C=O) groups excluding carboxylic acids is 1. The third kappa shape index (κ3) is 2.40. The monoisotopic (exact) mass is 252 g/mol. The normalized spacial score (nSPS) is 18.6. The number of benzene rings is 1. The average Bonchev–Trinajstić information content (AvgIpc) is 2.81. The predicted molar refractivity (Wildman–Crippen MR) is 61.5 cm³/mol. The number of nitrogens with one attached hydrogen (secondary N) is 1. The zero-order valence-corrected chi connectivity index (χ0v) is 9.46. The van der Waals surface area contributed by atoms with Crippen molar-refractivity contribution in [2.24, 2.45) is 0 Å². The van der Waals surface area contributed by atoms with Crippen LogP contribution >= 0.6 is 0 Å². The Morgan fingerprint density at radius 3 is 2.94 bits per heavy atom. The highest BCUT2D eigenvalue weighted by Crippen LogP contribution is 2.29. The number of nitro benzene ring substituents is 1. The van der Waals surface area contributed by atoms with Crippen molar-refractivity contribution in [1.82, 2.24) is 5.32 Å². The number of rotatable bonds is 3. The van der Waals surface area contributed by atoms with Gasteiger partial charge < -0.3 is 15.2 Å². The molecule has 2 N–H and O–H groups in total. The zero-order valence-electron chi connectivity index (χ0n) is 9.46. The van der Waals surface area contributed by atoms with Crippen LogP contribution in [0.2, 0.25) is 0 Å². The van der Waals surface area contributed by atoms with Gasteiger partial charge in [-0.05, 0) is 12.5 Å². The Bertz CT molecular complexity index is 482. The molecule has 0 aromatic heterocycles. The number of hydrogen-bond donors (Lipinski definition) is 2. The van der Waals surface area contributed by atoms with E-state index in [1.54, 1.807) is 0 Å². The van der Waals surface area contributed by atoms with Gasteiger partial charge in [0, 0.05) is 12.7 Å². The molecule has 0 saturated carbocycles. The third-order valence-corrected chi connectivity index (χ3v) is 2.72. The van der Waals surface area contributed by atoms with Crippen LogP contribution in [0.25, 0.3) is 0 Å². The Balaban J connectivity index is 2.19. The van der Waals surface area contributed by atoms with Gasteiger partial charge in [0.1, 0.15) is 0 Å². The van der Waals surface area contributed by atoms with Crippen LogP contribution in [0.4, 0.5) is 5.69 Å². The lowest BCUT2D eigenvalue weighted by atomic mass is 10.1. The molecular formula is C11H12N2O5. The molecule has 1 amide bonds. The van der Waals surface area contributed by atoms with Crippen molar-refractivity contribution < 1.29 is 19.6 Å². The van der Waals surface area contributed by atoms with Crippen LogP contribution in [0.5, 0.6) is 5.75 Å². The van der Waals surface area contributed by atoms with Gasteiger partial charge in [-0.1, -0.05) is 6.07 Å². The molecule has 1 unspecified atom stereocenters. The van der Waals surface area contributed by atoms with Gasteiger partial charge in [-0.2, -0.15) is 0 Å². The first-order valence-corrected chi connectivity index (χ1v) is 5.44. The number of nitro groups is 1. The SMILES string of the molecule is O=C(NC1CCOC1)c1cccc([N+](=O)[O-])c1O. The van der Waals surface area contributed by atoms with E-state index in [9.17, 15) is 20.0 Å². The molecule has 7 heteroatoms. The van der Waals surface area contributed by atoms with E-state index in [1.165, 1.54) is 12.1 Å². The van der Waals surface area contributed by atoms with Gasteiger partial charge in [0.2, 0.25) is 5.75 Å². The Morgan fingerprint density at radius 1 is 1.56 bits per heavy atom. The molecule has 0 bridgehead atoms. The third-order valence-electron chi connectivity index (χ3n) is 2.72. The maximum atomic E-state index is 11.8. The lowest BCUT2D eigenvalue weighted by Crippen LogP contribution is -2.35. The van der Waals surface area contributed by atoms with E-state index < -0.39 is 22.3 Å². The molecule has 1 fully saturated rings. The lowest BCUT2D eigenvalue weighted by Gasteiger charge is -2.11. The van der Waals surface area contributed by atoms with Crippen molar-refractivity contribution in [2.45, 2.75) is 12.5 Å². The molecule has 1 aliphatic heterocycles. The highest BCUT2D eigenvalue weighted by Gasteiger charge is 2.24. The number of carbonyl (C=O) groups is 1. The number of ether oxygens (including phenoxy) is 1. The van der Waals surface area contributed by atoms with Crippen molar-refractivity contribution in [1.29, 1.82) is 0 Å². The maximum absolute atomic E-state index is 11.8. The van der Waals surface area contributed by atoms with Gasteiger partial charge >= 0.3 is 5.69 Å². The highest BCUT2D eigenvalue weighted by molar-refractivity contribution is 5.98. The number of nitrogens with zero attached hydrogens (tertiary/aromatic N) is 1. The molecule has 18 heavy (non-hydrogen) atoms. The first kappa shape index (κ1) is 12.3. The van der Waals surface area contributed by atoms with Crippen LogP contribution in [0, 0.1) is 10.1 Å². The summed E-state index contributed by atoms with van der Waals surface area (Å²) in [5.41, 5.74) is -0.582. The standard InChI is InChI=1S/C11H12N2O5/c14-10-8(2-1-3-9(10)13(16)17)11(15)12-7-4-5-18-6-7/h1-3,7,14H,4-6H2,(H,12,15). The van der Waals surface area contributed by atoms with Crippen LogP contribution in [0.3, 0.4) is 0 Å². The van der Waals surface area contributed by atoms with E-state index >= 15 is 0 Å².